The molecule has 4 N–H and O–H groups in total. The van der Waals surface area contributed by atoms with Crippen molar-refractivity contribution in [3.8, 4) is 0 Å². The molecule has 0 amide bonds. The molecule has 0 saturated carbocycles. The summed E-state index contributed by atoms with van der Waals surface area (Å²) >= 11 is 0. The predicted molar refractivity (Wildman–Crippen MR) is 69.0 cm³/mol. The molecule has 0 bridgehead atoms. The van der Waals surface area contributed by atoms with E-state index in [1.807, 2.05) is 41.4 Å². The molecule has 0 saturated heterocycles. The van der Waals surface area contributed by atoms with Gasteiger partial charge in [-0.25, -0.2) is 5.43 Å². The van der Waals surface area contributed by atoms with E-state index in [4.69, 9.17) is 5.73 Å². The van der Waals surface area contributed by atoms with Gasteiger partial charge in [0.15, 0.2) is 0 Å². The third-order valence-electron chi connectivity index (χ3n) is 2.66. The quantitative estimate of drug-likeness (QED) is 0.737. The number of nitrogens with one attached hydrogen (secondary N) is 1. The van der Waals surface area contributed by atoms with Crippen LogP contribution in [-0.2, 0) is 0 Å². The average molecular weight is 233 g/mol. The Morgan fingerprint density at radius 3 is 2.59 bits per heavy atom. The van der Waals surface area contributed by atoms with Crippen molar-refractivity contribution in [3.63, 3.8) is 0 Å². The van der Waals surface area contributed by atoms with E-state index in [1.54, 1.807) is 13.8 Å². The standard InChI is InChI=1S/C13H19N3O/c1-13(2,17)9-10-8-12(14)16(15-10)11-6-4-3-5-7-11/h3-8,10,15,17H,9,14H2,1-2H3. The Labute approximate surface area is 102 Å². The number of anilines is 1. The summed E-state index contributed by atoms with van der Waals surface area (Å²) in [4.78, 5) is 0. The lowest BCUT2D eigenvalue weighted by atomic mass is 10.00. The van der Waals surface area contributed by atoms with Crippen molar-refractivity contribution in [1.82, 2.24) is 5.43 Å². The molecule has 1 aliphatic rings. The molecular formula is C13H19N3O. The molecule has 1 atom stereocenters. The van der Waals surface area contributed by atoms with E-state index in [1.165, 1.54) is 0 Å². The number of nitrogens with zero attached hydrogens (tertiary/aromatic N) is 1. The van der Waals surface area contributed by atoms with E-state index >= 15 is 0 Å². The highest BCUT2D eigenvalue weighted by molar-refractivity contribution is 5.52. The molecule has 1 unspecified atom stereocenters. The zero-order chi connectivity index (χ0) is 12.5. The van der Waals surface area contributed by atoms with E-state index in [-0.39, 0.29) is 6.04 Å². The van der Waals surface area contributed by atoms with Gasteiger partial charge in [-0.1, -0.05) is 18.2 Å². The van der Waals surface area contributed by atoms with Gasteiger partial charge in [-0.2, -0.15) is 0 Å². The first-order valence-electron chi connectivity index (χ1n) is 5.77. The number of hydrogen-bond donors (Lipinski definition) is 3. The van der Waals surface area contributed by atoms with E-state index in [9.17, 15) is 5.11 Å². The minimum absolute atomic E-state index is 0.0650. The van der Waals surface area contributed by atoms with Gasteiger partial charge in [-0.05, 0) is 38.5 Å². The van der Waals surface area contributed by atoms with Gasteiger partial charge in [0.2, 0.25) is 0 Å². The van der Waals surface area contributed by atoms with Crippen LogP contribution in [0.3, 0.4) is 0 Å². The molecule has 92 valence electrons. The minimum atomic E-state index is -0.707. The fourth-order valence-corrected chi connectivity index (χ4v) is 2.00. The van der Waals surface area contributed by atoms with Crippen molar-refractivity contribution in [2.75, 3.05) is 5.01 Å². The van der Waals surface area contributed by atoms with Crippen LogP contribution >= 0.6 is 0 Å². The summed E-state index contributed by atoms with van der Waals surface area (Å²) in [5.74, 6) is 0.672. The van der Waals surface area contributed by atoms with Gasteiger partial charge in [-0.3, -0.25) is 5.01 Å². The first-order valence-corrected chi connectivity index (χ1v) is 5.77. The second-order valence-corrected chi connectivity index (χ2v) is 5.01. The Hall–Kier alpha value is -1.52. The van der Waals surface area contributed by atoms with Crippen LogP contribution in [0.15, 0.2) is 42.2 Å². The number of nitrogens with two attached hydrogens (primary N) is 1. The minimum Gasteiger partial charge on any atom is -0.390 e. The second kappa shape index (κ2) is 4.39. The van der Waals surface area contributed by atoms with E-state index in [0.29, 0.717) is 12.2 Å². The maximum absolute atomic E-state index is 9.79. The maximum atomic E-state index is 9.79. The van der Waals surface area contributed by atoms with Gasteiger partial charge in [0.1, 0.15) is 5.82 Å². The molecule has 1 aromatic rings. The van der Waals surface area contributed by atoms with Crippen molar-refractivity contribution < 1.29 is 5.11 Å². The zero-order valence-electron chi connectivity index (χ0n) is 10.2. The third-order valence-corrected chi connectivity index (χ3v) is 2.66. The molecule has 0 spiro atoms. The Bertz CT molecular complexity index is 408. The summed E-state index contributed by atoms with van der Waals surface area (Å²) in [6, 6.07) is 9.94. The molecule has 1 aromatic carbocycles. The highest BCUT2D eigenvalue weighted by Crippen LogP contribution is 2.22. The SMILES string of the molecule is CC(C)(O)CC1C=C(N)N(c2ccccc2)N1. The first-order chi connectivity index (χ1) is 7.96. The monoisotopic (exact) mass is 233 g/mol. The number of rotatable bonds is 3. The summed E-state index contributed by atoms with van der Waals surface area (Å²) in [6.07, 6.45) is 2.56. The van der Waals surface area contributed by atoms with E-state index in [0.717, 1.165) is 5.69 Å². The summed E-state index contributed by atoms with van der Waals surface area (Å²) in [5.41, 5.74) is 9.52. The molecule has 1 heterocycles. The number of hydrazine groups is 1. The largest absolute Gasteiger partial charge is 0.390 e. The maximum Gasteiger partial charge on any atom is 0.116 e. The van der Waals surface area contributed by atoms with Gasteiger partial charge >= 0.3 is 0 Å². The van der Waals surface area contributed by atoms with Crippen molar-refractivity contribution in [2.24, 2.45) is 5.73 Å². The highest BCUT2D eigenvalue weighted by Gasteiger charge is 2.26. The molecule has 2 rings (SSSR count). The molecule has 4 nitrogen and oxygen atoms in total. The number of hydrogen-bond acceptors (Lipinski definition) is 4. The molecular weight excluding hydrogens is 214 g/mol. The lowest BCUT2D eigenvalue weighted by Crippen LogP contribution is -2.41. The fourth-order valence-electron chi connectivity index (χ4n) is 2.00. The molecule has 0 aliphatic carbocycles. The van der Waals surface area contributed by atoms with Crippen LogP contribution in [0, 0.1) is 0 Å². The summed E-state index contributed by atoms with van der Waals surface area (Å²) in [7, 11) is 0. The zero-order valence-corrected chi connectivity index (χ0v) is 10.2. The molecule has 1 aliphatic heterocycles. The van der Waals surface area contributed by atoms with Gasteiger partial charge in [0.25, 0.3) is 0 Å². The van der Waals surface area contributed by atoms with Crippen molar-refractivity contribution >= 4 is 5.69 Å². The lowest BCUT2D eigenvalue weighted by Gasteiger charge is -2.25. The molecule has 0 radical (unpaired) electrons. The van der Waals surface area contributed by atoms with Crippen LogP contribution in [0.25, 0.3) is 0 Å². The Balaban J connectivity index is 2.08. The number of benzene rings is 1. The average Bonchev–Trinajstić information content (AvgIpc) is 2.58. The van der Waals surface area contributed by atoms with Crippen LogP contribution < -0.4 is 16.2 Å². The van der Waals surface area contributed by atoms with Gasteiger partial charge in [-0.15, -0.1) is 0 Å². The van der Waals surface area contributed by atoms with Gasteiger partial charge < -0.3 is 10.8 Å². The summed E-state index contributed by atoms with van der Waals surface area (Å²) < 4.78 is 0. The lowest BCUT2D eigenvalue weighted by molar-refractivity contribution is 0.0651. The third kappa shape index (κ3) is 2.99. The van der Waals surface area contributed by atoms with Gasteiger partial charge in [0, 0.05) is 0 Å². The van der Waals surface area contributed by atoms with Crippen LogP contribution in [0.2, 0.25) is 0 Å². The topological polar surface area (TPSA) is 61.5 Å². The highest BCUT2D eigenvalue weighted by atomic mass is 16.3. The van der Waals surface area contributed by atoms with Gasteiger partial charge in [0.05, 0.1) is 17.3 Å². The smallest absolute Gasteiger partial charge is 0.116 e. The second-order valence-electron chi connectivity index (χ2n) is 5.01. The van der Waals surface area contributed by atoms with Crippen LogP contribution in [0.1, 0.15) is 20.3 Å². The number of aliphatic hydroxyl groups is 1. The Morgan fingerprint density at radius 2 is 2.00 bits per heavy atom. The van der Waals surface area contributed by atoms with Crippen molar-refractivity contribution in [3.05, 3.63) is 42.2 Å². The van der Waals surface area contributed by atoms with Crippen LogP contribution in [0.4, 0.5) is 5.69 Å². The molecule has 0 fully saturated rings. The van der Waals surface area contributed by atoms with Crippen molar-refractivity contribution in [1.29, 1.82) is 0 Å². The number of para-hydroxylation sites is 1. The first kappa shape index (κ1) is 12.0. The van der Waals surface area contributed by atoms with E-state index in [2.05, 4.69) is 5.43 Å². The Morgan fingerprint density at radius 1 is 1.35 bits per heavy atom. The fraction of sp³-hybridized carbons (Fsp3) is 0.385. The summed E-state index contributed by atoms with van der Waals surface area (Å²) in [6.45, 7) is 3.59. The normalized spacial score (nSPS) is 20.5. The molecule has 0 aromatic heterocycles. The van der Waals surface area contributed by atoms with Crippen LogP contribution in [-0.4, -0.2) is 16.7 Å². The Kier molecular flexibility index (Phi) is 3.09. The molecule has 17 heavy (non-hydrogen) atoms. The van der Waals surface area contributed by atoms with E-state index < -0.39 is 5.60 Å². The predicted octanol–water partition coefficient (Wildman–Crippen LogP) is 1.34. The van der Waals surface area contributed by atoms with Crippen LogP contribution in [0.5, 0.6) is 0 Å². The summed E-state index contributed by atoms with van der Waals surface area (Å²) in [5, 5.41) is 11.6. The van der Waals surface area contributed by atoms with Crippen molar-refractivity contribution in [2.45, 2.75) is 31.9 Å². The molecule has 4 heteroatoms.